The second kappa shape index (κ2) is 8.17. The van der Waals surface area contributed by atoms with Crippen LogP contribution in [0, 0.1) is 0 Å². The van der Waals surface area contributed by atoms with Gasteiger partial charge >= 0.3 is 0 Å². The molecule has 0 aliphatic carbocycles. The van der Waals surface area contributed by atoms with Crippen LogP contribution in [0.3, 0.4) is 0 Å². The summed E-state index contributed by atoms with van der Waals surface area (Å²) in [6, 6.07) is 7.47. The highest BCUT2D eigenvalue weighted by Gasteiger charge is 1.92. The van der Waals surface area contributed by atoms with E-state index in [2.05, 4.69) is 0 Å². The first-order valence-electron chi connectivity index (χ1n) is 4.82. The summed E-state index contributed by atoms with van der Waals surface area (Å²) in [4.78, 5) is 20.3. The van der Waals surface area contributed by atoms with Crippen molar-refractivity contribution in [3.05, 3.63) is 35.4 Å². The van der Waals surface area contributed by atoms with Gasteiger partial charge in [-0.3, -0.25) is 0 Å². The standard InChI is InChI=1S/C10H10O2.C2H6/c11-7-5-9-1-2-10(4-3-9)6-8-12;1-2/h1-4,7-8H,5-6H2;1-2H3. The third-order valence-electron chi connectivity index (χ3n) is 1.66. The van der Waals surface area contributed by atoms with Gasteiger partial charge in [0.05, 0.1) is 0 Å². The zero-order valence-electron chi connectivity index (χ0n) is 8.69. The van der Waals surface area contributed by atoms with Gasteiger partial charge in [-0.05, 0) is 11.1 Å². The van der Waals surface area contributed by atoms with Crippen LogP contribution in [0.25, 0.3) is 0 Å². The van der Waals surface area contributed by atoms with Crippen LogP contribution in [0.4, 0.5) is 0 Å². The Bertz CT molecular complexity index is 233. The molecule has 1 aromatic carbocycles. The van der Waals surface area contributed by atoms with Crippen molar-refractivity contribution in [3.8, 4) is 0 Å². The average molecular weight is 192 g/mol. The molecule has 0 unspecified atom stereocenters. The maximum Gasteiger partial charge on any atom is 0.124 e. The maximum atomic E-state index is 10.1. The fourth-order valence-corrected chi connectivity index (χ4v) is 1.00. The molecule has 0 saturated carbocycles. The van der Waals surface area contributed by atoms with Crippen molar-refractivity contribution in [3.63, 3.8) is 0 Å². The van der Waals surface area contributed by atoms with Crippen LogP contribution in [-0.4, -0.2) is 12.6 Å². The van der Waals surface area contributed by atoms with Gasteiger partial charge in [0.1, 0.15) is 12.6 Å². The molecule has 0 radical (unpaired) electrons. The molecule has 0 fully saturated rings. The van der Waals surface area contributed by atoms with Crippen LogP contribution in [0.2, 0.25) is 0 Å². The quantitative estimate of drug-likeness (QED) is 0.685. The first-order chi connectivity index (χ1) is 6.86. The molecule has 2 heteroatoms. The lowest BCUT2D eigenvalue weighted by atomic mass is 10.1. The molecule has 0 saturated heterocycles. The van der Waals surface area contributed by atoms with E-state index in [4.69, 9.17) is 0 Å². The summed E-state index contributed by atoms with van der Waals surface area (Å²) in [5.74, 6) is 0. The Morgan fingerprint density at radius 1 is 0.857 bits per heavy atom. The molecule has 1 aromatic rings. The van der Waals surface area contributed by atoms with E-state index >= 15 is 0 Å². The lowest BCUT2D eigenvalue weighted by molar-refractivity contribution is -0.108. The van der Waals surface area contributed by atoms with E-state index in [9.17, 15) is 9.59 Å². The third-order valence-corrected chi connectivity index (χ3v) is 1.66. The molecular formula is C12H16O2. The first kappa shape index (κ1) is 12.6. The van der Waals surface area contributed by atoms with Gasteiger partial charge in [0.15, 0.2) is 0 Å². The zero-order valence-corrected chi connectivity index (χ0v) is 8.69. The highest BCUT2D eigenvalue weighted by atomic mass is 16.1. The number of benzene rings is 1. The summed E-state index contributed by atoms with van der Waals surface area (Å²) >= 11 is 0. The largest absolute Gasteiger partial charge is 0.303 e. The molecule has 0 aliphatic rings. The molecule has 0 spiro atoms. The summed E-state index contributed by atoms with van der Waals surface area (Å²) in [5.41, 5.74) is 1.97. The van der Waals surface area contributed by atoms with Crippen LogP contribution in [0.15, 0.2) is 24.3 Å². The van der Waals surface area contributed by atoms with Crippen LogP contribution < -0.4 is 0 Å². The monoisotopic (exact) mass is 192 g/mol. The molecule has 76 valence electrons. The number of hydrogen-bond acceptors (Lipinski definition) is 2. The molecule has 0 atom stereocenters. The van der Waals surface area contributed by atoms with Crippen molar-refractivity contribution in [1.29, 1.82) is 0 Å². The SMILES string of the molecule is CC.O=CCc1ccc(CC=O)cc1. The molecule has 0 aromatic heterocycles. The Kier molecular flexibility index (Phi) is 7.33. The zero-order chi connectivity index (χ0) is 10.8. The van der Waals surface area contributed by atoms with E-state index in [0.717, 1.165) is 23.7 Å². The Hall–Kier alpha value is -1.44. The van der Waals surface area contributed by atoms with Crippen molar-refractivity contribution in [2.24, 2.45) is 0 Å². The average Bonchev–Trinajstić information content (AvgIpc) is 2.25. The van der Waals surface area contributed by atoms with Crippen molar-refractivity contribution in [2.75, 3.05) is 0 Å². The fraction of sp³-hybridized carbons (Fsp3) is 0.333. The van der Waals surface area contributed by atoms with Crippen LogP contribution in [0.5, 0.6) is 0 Å². The maximum absolute atomic E-state index is 10.1. The topological polar surface area (TPSA) is 34.1 Å². The molecule has 1 rings (SSSR count). The minimum Gasteiger partial charge on any atom is -0.303 e. The summed E-state index contributed by atoms with van der Waals surface area (Å²) < 4.78 is 0. The van der Waals surface area contributed by atoms with E-state index in [-0.39, 0.29) is 0 Å². The van der Waals surface area contributed by atoms with E-state index in [0.29, 0.717) is 12.8 Å². The van der Waals surface area contributed by atoms with Crippen LogP contribution in [0.1, 0.15) is 25.0 Å². The second-order valence-corrected chi connectivity index (χ2v) is 2.56. The van der Waals surface area contributed by atoms with Gasteiger partial charge < -0.3 is 9.59 Å². The predicted molar refractivity (Wildman–Crippen MR) is 57.3 cm³/mol. The van der Waals surface area contributed by atoms with E-state index in [1.165, 1.54) is 0 Å². The van der Waals surface area contributed by atoms with E-state index in [1.807, 2.05) is 38.1 Å². The number of aldehydes is 2. The van der Waals surface area contributed by atoms with Gasteiger partial charge in [0, 0.05) is 12.8 Å². The first-order valence-corrected chi connectivity index (χ1v) is 4.82. The van der Waals surface area contributed by atoms with E-state index in [1.54, 1.807) is 0 Å². The molecule has 0 amide bonds. The Labute approximate surface area is 84.9 Å². The lowest BCUT2D eigenvalue weighted by Crippen LogP contribution is -1.88. The van der Waals surface area contributed by atoms with Gasteiger partial charge in [-0.2, -0.15) is 0 Å². The summed E-state index contributed by atoms with van der Waals surface area (Å²) in [7, 11) is 0. The summed E-state index contributed by atoms with van der Waals surface area (Å²) in [6.07, 6.45) is 2.63. The molecule has 14 heavy (non-hydrogen) atoms. The minimum atomic E-state index is 0.446. The highest BCUT2D eigenvalue weighted by Crippen LogP contribution is 2.03. The van der Waals surface area contributed by atoms with Gasteiger partial charge in [0.2, 0.25) is 0 Å². The Balaban J connectivity index is 0.000000791. The summed E-state index contributed by atoms with van der Waals surface area (Å²) in [5, 5.41) is 0. The van der Waals surface area contributed by atoms with Gasteiger partial charge in [-0.25, -0.2) is 0 Å². The van der Waals surface area contributed by atoms with Gasteiger partial charge in [-0.1, -0.05) is 38.1 Å². The number of carbonyl (C=O) groups is 2. The predicted octanol–water partition coefficient (Wildman–Crippen LogP) is 2.20. The Morgan fingerprint density at radius 3 is 1.36 bits per heavy atom. The number of carbonyl (C=O) groups excluding carboxylic acids is 2. The summed E-state index contributed by atoms with van der Waals surface area (Å²) in [6.45, 7) is 4.00. The van der Waals surface area contributed by atoms with Crippen molar-refractivity contribution in [1.82, 2.24) is 0 Å². The molecular weight excluding hydrogens is 176 g/mol. The number of rotatable bonds is 4. The van der Waals surface area contributed by atoms with Crippen molar-refractivity contribution < 1.29 is 9.59 Å². The van der Waals surface area contributed by atoms with Crippen molar-refractivity contribution >= 4 is 12.6 Å². The smallest absolute Gasteiger partial charge is 0.124 e. The third kappa shape index (κ3) is 4.55. The van der Waals surface area contributed by atoms with Gasteiger partial charge in [-0.15, -0.1) is 0 Å². The molecule has 0 heterocycles. The molecule has 0 aliphatic heterocycles. The van der Waals surface area contributed by atoms with Crippen LogP contribution in [-0.2, 0) is 22.4 Å². The fourth-order valence-electron chi connectivity index (χ4n) is 1.00. The molecule has 2 nitrogen and oxygen atoms in total. The normalized spacial score (nSPS) is 8.43. The minimum absolute atomic E-state index is 0.446. The van der Waals surface area contributed by atoms with Crippen molar-refractivity contribution in [2.45, 2.75) is 26.7 Å². The van der Waals surface area contributed by atoms with Crippen LogP contribution >= 0.6 is 0 Å². The number of hydrogen-bond donors (Lipinski definition) is 0. The second-order valence-electron chi connectivity index (χ2n) is 2.56. The van der Waals surface area contributed by atoms with Gasteiger partial charge in [0.25, 0.3) is 0 Å². The lowest BCUT2D eigenvalue weighted by Gasteiger charge is -1.96. The van der Waals surface area contributed by atoms with E-state index < -0.39 is 0 Å². The highest BCUT2D eigenvalue weighted by molar-refractivity contribution is 5.57. The Morgan fingerprint density at radius 2 is 1.14 bits per heavy atom. The molecule has 0 N–H and O–H groups in total. The molecule has 0 bridgehead atoms.